The first-order chi connectivity index (χ1) is 8.97. The Balaban J connectivity index is 2.64. The molecule has 0 amide bonds. The highest BCUT2D eigenvalue weighted by Gasteiger charge is 2.30. The van der Waals surface area contributed by atoms with Gasteiger partial charge in [-0.05, 0) is 24.5 Å². The molecule has 0 aliphatic heterocycles. The third kappa shape index (κ3) is 5.59. The molecule has 3 nitrogen and oxygen atoms in total. The van der Waals surface area contributed by atoms with Crippen LogP contribution in [0.5, 0.6) is 0 Å². The van der Waals surface area contributed by atoms with Gasteiger partial charge in [-0.3, -0.25) is 11.3 Å². The van der Waals surface area contributed by atoms with Gasteiger partial charge in [-0.15, -0.1) is 0 Å². The van der Waals surface area contributed by atoms with Gasteiger partial charge in [-0.1, -0.05) is 25.1 Å². The SMILES string of the molecule is CCCOCC(Cc1cccc(C(F)(F)F)c1)NN. The van der Waals surface area contributed by atoms with E-state index in [-0.39, 0.29) is 6.04 Å². The number of benzene rings is 1. The molecule has 1 rings (SSSR count). The lowest BCUT2D eigenvalue weighted by molar-refractivity contribution is -0.137. The third-order valence-electron chi connectivity index (χ3n) is 2.64. The Kier molecular flexibility index (Phi) is 6.27. The summed E-state index contributed by atoms with van der Waals surface area (Å²) in [5.74, 6) is 5.37. The number of nitrogens with one attached hydrogen (secondary N) is 1. The summed E-state index contributed by atoms with van der Waals surface area (Å²) >= 11 is 0. The second-order valence-electron chi connectivity index (χ2n) is 4.34. The fourth-order valence-electron chi connectivity index (χ4n) is 1.70. The Morgan fingerprint density at radius 1 is 1.37 bits per heavy atom. The highest BCUT2D eigenvalue weighted by molar-refractivity contribution is 5.26. The Morgan fingerprint density at radius 3 is 2.68 bits per heavy atom. The van der Waals surface area contributed by atoms with Gasteiger partial charge in [0, 0.05) is 12.6 Å². The smallest absolute Gasteiger partial charge is 0.380 e. The Morgan fingerprint density at radius 2 is 2.11 bits per heavy atom. The molecule has 1 unspecified atom stereocenters. The van der Waals surface area contributed by atoms with Gasteiger partial charge in [0.05, 0.1) is 12.2 Å². The van der Waals surface area contributed by atoms with Crippen LogP contribution in [0.25, 0.3) is 0 Å². The van der Waals surface area contributed by atoms with Crippen LogP contribution in [0.3, 0.4) is 0 Å². The van der Waals surface area contributed by atoms with Crippen LogP contribution in [0.4, 0.5) is 13.2 Å². The zero-order valence-electron chi connectivity index (χ0n) is 10.8. The molecule has 0 saturated heterocycles. The standard InChI is InChI=1S/C13H19F3N2O/c1-2-6-19-9-12(18-17)8-10-4-3-5-11(7-10)13(14,15)16/h3-5,7,12,18H,2,6,8-9,17H2,1H3. The van der Waals surface area contributed by atoms with Crippen LogP contribution in [0, 0.1) is 0 Å². The second-order valence-corrected chi connectivity index (χ2v) is 4.34. The zero-order chi connectivity index (χ0) is 14.3. The van der Waals surface area contributed by atoms with Crippen LogP contribution in [-0.4, -0.2) is 19.3 Å². The number of halogens is 3. The van der Waals surface area contributed by atoms with Crippen molar-refractivity contribution in [2.24, 2.45) is 5.84 Å². The predicted molar refractivity (Wildman–Crippen MR) is 67.4 cm³/mol. The molecule has 1 atom stereocenters. The molecule has 0 spiro atoms. The van der Waals surface area contributed by atoms with Crippen molar-refractivity contribution in [1.29, 1.82) is 0 Å². The van der Waals surface area contributed by atoms with Crippen molar-refractivity contribution >= 4 is 0 Å². The van der Waals surface area contributed by atoms with Crippen molar-refractivity contribution in [1.82, 2.24) is 5.43 Å². The number of hydrazine groups is 1. The fourth-order valence-corrected chi connectivity index (χ4v) is 1.70. The Hall–Kier alpha value is -1.11. The van der Waals surface area contributed by atoms with E-state index in [9.17, 15) is 13.2 Å². The first kappa shape index (κ1) is 15.9. The van der Waals surface area contributed by atoms with Crippen molar-refractivity contribution in [3.63, 3.8) is 0 Å². The topological polar surface area (TPSA) is 47.3 Å². The fraction of sp³-hybridized carbons (Fsp3) is 0.538. The van der Waals surface area contributed by atoms with Gasteiger partial charge in [-0.2, -0.15) is 13.2 Å². The Bertz CT molecular complexity index is 382. The van der Waals surface area contributed by atoms with Crippen molar-refractivity contribution in [3.8, 4) is 0 Å². The van der Waals surface area contributed by atoms with Crippen LogP contribution in [0.15, 0.2) is 24.3 Å². The third-order valence-corrected chi connectivity index (χ3v) is 2.64. The number of hydrogen-bond acceptors (Lipinski definition) is 3. The van der Waals surface area contributed by atoms with E-state index in [4.69, 9.17) is 10.6 Å². The number of rotatable bonds is 7. The molecule has 19 heavy (non-hydrogen) atoms. The summed E-state index contributed by atoms with van der Waals surface area (Å²) in [6, 6.07) is 5.06. The van der Waals surface area contributed by atoms with Gasteiger partial charge >= 0.3 is 6.18 Å². The maximum atomic E-state index is 12.6. The molecule has 0 radical (unpaired) electrons. The van der Waals surface area contributed by atoms with Crippen LogP contribution >= 0.6 is 0 Å². The number of hydrogen-bond donors (Lipinski definition) is 2. The highest BCUT2D eigenvalue weighted by Crippen LogP contribution is 2.29. The highest BCUT2D eigenvalue weighted by atomic mass is 19.4. The van der Waals surface area contributed by atoms with Crippen molar-refractivity contribution in [2.75, 3.05) is 13.2 Å². The van der Waals surface area contributed by atoms with Crippen molar-refractivity contribution in [2.45, 2.75) is 32.0 Å². The molecule has 0 aliphatic carbocycles. The molecule has 1 aromatic carbocycles. The molecule has 6 heteroatoms. The minimum Gasteiger partial charge on any atom is -0.380 e. The number of alkyl halides is 3. The summed E-state index contributed by atoms with van der Waals surface area (Å²) in [5.41, 5.74) is 2.50. The van der Waals surface area contributed by atoms with Crippen LogP contribution in [-0.2, 0) is 17.3 Å². The summed E-state index contributed by atoms with van der Waals surface area (Å²) in [6.07, 6.45) is -3.04. The average Bonchev–Trinajstić information content (AvgIpc) is 2.37. The zero-order valence-corrected chi connectivity index (χ0v) is 10.8. The van der Waals surface area contributed by atoms with E-state index in [1.807, 2.05) is 6.92 Å². The minimum absolute atomic E-state index is 0.199. The summed E-state index contributed by atoms with van der Waals surface area (Å²) < 4.78 is 43.1. The summed E-state index contributed by atoms with van der Waals surface area (Å²) in [7, 11) is 0. The molecule has 108 valence electrons. The molecule has 3 N–H and O–H groups in total. The van der Waals surface area contributed by atoms with Crippen LogP contribution in [0.2, 0.25) is 0 Å². The molecular formula is C13H19F3N2O. The van der Waals surface area contributed by atoms with E-state index < -0.39 is 11.7 Å². The maximum Gasteiger partial charge on any atom is 0.416 e. The quantitative estimate of drug-likeness (QED) is 0.457. The van der Waals surface area contributed by atoms with E-state index >= 15 is 0 Å². The van der Waals surface area contributed by atoms with Gasteiger partial charge in [0.1, 0.15) is 0 Å². The monoisotopic (exact) mass is 276 g/mol. The van der Waals surface area contributed by atoms with E-state index in [0.717, 1.165) is 18.6 Å². The second kappa shape index (κ2) is 7.47. The van der Waals surface area contributed by atoms with E-state index in [1.54, 1.807) is 6.07 Å². The largest absolute Gasteiger partial charge is 0.416 e. The first-order valence-corrected chi connectivity index (χ1v) is 6.17. The van der Waals surface area contributed by atoms with Crippen molar-refractivity contribution in [3.05, 3.63) is 35.4 Å². The maximum absolute atomic E-state index is 12.6. The lowest BCUT2D eigenvalue weighted by Gasteiger charge is -2.17. The number of ether oxygens (including phenoxy) is 1. The molecule has 0 bridgehead atoms. The molecule has 0 heterocycles. The molecule has 0 aromatic heterocycles. The Labute approximate surface area is 110 Å². The summed E-state index contributed by atoms with van der Waals surface area (Å²) in [5, 5.41) is 0. The lowest BCUT2D eigenvalue weighted by Crippen LogP contribution is -2.40. The average molecular weight is 276 g/mol. The normalized spacial score (nSPS) is 13.5. The first-order valence-electron chi connectivity index (χ1n) is 6.17. The van der Waals surface area contributed by atoms with Gasteiger partial charge in [0.25, 0.3) is 0 Å². The molecule has 0 aliphatic rings. The van der Waals surface area contributed by atoms with E-state index in [2.05, 4.69) is 5.43 Å². The van der Waals surface area contributed by atoms with E-state index in [0.29, 0.717) is 25.2 Å². The minimum atomic E-state index is -4.32. The number of nitrogens with two attached hydrogens (primary N) is 1. The van der Waals surface area contributed by atoms with Gasteiger partial charge in [0.2, 0.25) is 0 Å². The molecule has 0 saturated carbocycles. The summed E-state index contributed by atoms with van der Waals surface area (Å²) in [6.45, 7) is 2.97. The molecule has 1 aromatic rings. The van der Waals surface area contributed by atoms with Crippen LogP contribution < -0.4 is 11.3 Å². The van der Waals surface area contributed by atoms with Crippen LogP contribution in [0.1, 0.15) is 24.5 Å². The van der Waals surface area contributed by atoms with Gasteiger partial charge in [-0.25, -0.2) is 0 Å². The van der Waals surface area contributed by atoms with Crippen molar-refractivity contribution < 1.29 is 17.9 Å². The molecular weight excluding hydrogens is 257 g/mol. The molecule has 0 fully saturated rings. The van der Waals surface area contributed by atoms with Gasteiger partial charge < -0.3 is 4.74 Å². The summed E-state index contributed by atoms with van der Waals surface area (Å²) in [4.78, 5) is 0. The lowest BCUT2D eigenvalue weighted by atomic mass is 10.0. The predicted octanol–water partition coefficient (Wildman–Crippen LogP) is 2.51. The van der Waals surface area contributed by atoms with Gasteiger partial charge in [0.15, 0.2) is 0 Å². The van der Waals surface area contributed by atoms with E-state index in [1.165, 1.54) is 6.07 Å².